The van der Waals surface area contributed by atoms with E-state index in [-0.39, 0.29) is 5.60 Å². The van der Waals surface area contributed by atoms with Crippen molar-refractivity contribution in [2.24, 2.45) is 0 Å². The fourth-order valence-corrected chi connectivity index (χ4v) is 2.18. The number of aromatic nitrogens is 1. The second-order valence-electron chi connectivity index (χ2n) is 5.79. The molecule has 1 aromatic rings. The highest BCUT2D eigenvalue weighted by atomic mass is 32.2. The smallest absolute Gasteiger partial charge is 0.239 e. The van der Waals surface area contributed by atoms with E-state index in [0.29, 0.717) is 11.6 Å². The predicted molar refractivity (Wildman–Crippen MR) is 89.8 cm³/mol. The molecule has 20 heavy (non-hydrogen) atoms. The highest BCUT2D eigenvalue weighted by molar-refractivity contribution is 7.98. The lowest BCUT2D eigenvalue weighted by atomic mass is 10.2. The highest BCUT2D eigenvalue weighted by Gasteiger charge is 2.15. The molecule has 1 aromatic heterocycles. The van der Waals surface area contributed by atoms with Crippen LogP contribution in [0.5, 0.6) is 5.88 Å². The number of nitrogen functional groups attached to an aromatic ring is 1. The number of nitrogens with two attached hydrogens (primary N) is 1. The van der Waals surface area contributed by atoms with Gasteiger partial charge in [0.05, 0.1) is 5.69 Å². The maximum atomic E-state index is 5.89. The van der Waals surface area contributed by atoms with Crippen molar-refractivity contribution in [3.63, 3.8) is 0 Å². The van der Waals surface area contributed by atoms with Crippen LogP contribution < -0.4 is 15.8 Å². The highest BCUT2D eigenvalue weighted by Crippen LogP contribution is 2.24. The summed E-state index contributed by atoms with van der Waals surface area (Å²) in [5.41, 5.74) is 6.17. The largest absolute Gasteiger partial charge is 0.470 e. The summed E-state index contributed by atoms with van der Waals surface area (Å²) in [6.07, 6.45) is 5.82. The average molecular weight is 297 g/mol. The Hall–Kier alpha value is -1.10. The number of hydrogen-bond donors (Lipinski definition) is 2. The zero-order chi connectivity index (χ0) is 15.0. The maximum Gasteiger partial charge on any atom is 0.239 e. The Morgan fingerprint density at radius 3 is 2.65 bits per heavy atom. The molecule has 0 bridgehead atoms. The summed E-state index contributed by atoms with van der Waals surface area (Å²) >= 11 is 1.90. The van der Waals surface area contributed by atoms with Crippen molar-refractivity contribution in [1.82, 2.24) is 4.98 Å². The number of anilines is 2. The number of rotatable bonds is 8. The van der Waals surface area contributed by atoms with Crippen LogP contribution >= 0.6 is 11.8 Å². The van der Waals surface area contributed by atoms with Gasteiger partial charge in [-0.05, 0) is 57.8 Å². The van der Waals surface area contributed by atoms with Crippen LogP contribution in [0.2, 0.25) is 0 Å². The van der Waals surface area contributed by atoms with E-state index in [0.717, 1.165) is 18.8 Å². The molecule has 1 rings (SSSR count). The van der Waals surface area contributed by atoms with E-state index in [1.807, 2.05) is 44.7 Å². The number of hydrogen-bond acceptors (Lipinski definition) is 5. The molecule has 0 unspecified atom stereocenters. The third kappa shape index (κ3) is 6.89. The van der Waals surface area contributed by atoms with Crippen LogP contribution in [0.4, 0.5) is 11.5 Å². The first-order valence-corrected chi connectivity index (χ1v) is 8.50. The standard InChI is InChI=1S/C15H27N3OS/c1-15(2,3)19-14-12(16)8-9-13(18-14)17-10-6-5-7-11-20-4/h8-9H,5-7,10-11,16H2,1-4H3,(H,17,18). The molecule has 0 spiro atoms. The molecule has 0 aliphatic rings. The van der Waals surface area contributed by atoms with E-state index in [9.17, 15) is 0 Å². The molecule has 0 aromatic carbocycles. The summed E-state index contributed by atoms with van der Waals surface area (Å²) in [6.45, 7) is 6.89. The number of ether oxygens (including phenoxy) is 1. The molecule has 0 amide bonds. The molecule has 4 nitrogen and oxygen atoms in total. The van der Waals surface area contributed by atoms with E-state index in [1.54, 1.807) is 0 Å². The van der Waals surface area contributed by atoms with Crippen molar-refractivity contribution in [2.75, 3.05) is 29.6 Å². The monoisotopic (exact) mass is 297 g/mol. The molecule has 3 N–H and O–H groups in total. The quantitative estimate of drug-likeness (QED) is 0.715. The SMILES string of the molecule is CSCCCCCNc1ccc(N)c(OC(C)(C)C)n1. The van der Waals surface area contributed by atoms with Gasteiger partial charge >= 0.3 is 0 Å². The minimum atomic E-state index is -0.294. The van der Waals surface area contributed by atoms with Gasteiger partial charge in [-0.1, -0.05) is 6.42 Å². The molecule has 0 saturated carbocycles. The fourth-order valence-electron chi connectivity index (χ4n) is 1.69. The van der Waals surface area contributed by atoms with Gasteiger partial charge in [0.25, 0.3) is 0 Å². The minimum absolute atomic E-state index is 0.294. The molecule has 5 heteroatoms. The lowest BCUT2D eigenvalue weighted by Crippen LogP contribution is -2.24. The Morgan fingerprint density at radius 2 is 2.00 bits per heavy atom. The number of unbranched alkanes of at least 4 members (excludes halogenated alkanes) is 2. The van der Waals surface area contributed by atoms with Gasteiger partial charge in [0, 0.05) is 6.54 Å². The van der Waals surface area contributed by atoms with Crippen LogP contribution in [0.15, 0.2) is 12.1 Å². The molecule has 114 valence electrons. The topological polar surface area (TPSA) is 60.2 Å². The first-order chi connectivity index (χ1) is 9.42. The third-order valence-electron chi connectivity index (χ3n) is 2.62. The van der Waals surface area contributed by atoms with Crippen LogP contribution in [0.25, 0.3) is 0 Å². The molecular weight excluding hydrogens is 270 g/mol. The van der Waals surface area contributed by atoms with Crippen molar-refractivity contribution in [2.45, 2.75) is 45.6 Å². The van der Waals surface area contributed by atoms with E-state index < -0.39 is 0 Å². The Kier molecular flexibility index (Phi) is 6.99. The third-order valence-corrected chi connectivity index (χ3v) is 3.32. The number of thioether (sulfide) groups is 1. The van der Waals surface area contributed by atoms with Crippen LogP contribution in [0, 0.1) is 0 Å². The predicted octanol–water partition coefficient (Wildman–Crippen LogP) is 3.79. The lowest BCUT2D eigenvalue weighted by molar-refractivity contribution is 0.125. The van der Waals surface area contributed by atoms with Crippen molar-refractivity contribution in [3.05, 3.63) is 12.1 Å². The van der Waals surface area contributed by atoms with Crippen LogP contribution in [0.3, 0.4) is 0 Å². The van der Waals surface area contributed by atoms with E-state index >= 15 is 0 Å². The normalized spacial score (nSPS) is 11.4. The number of nitrogens with one attached hydrogen (secondary N) is 1. The van der Waals surface area contributed by atoms with Gasteiger partial charge in [-0.15, -0.1) is 0 Å². The Bertz CT molecular complexity index is 405. The molecule has 0 aliphatic heterocycles. The molecule has 0 aliphatic carbocycles. The van der Waals surface area contributed by atoms with Gasteiger partial charge in [0.15, 0.2) is 0 Å². The average Bonchev–Trinajstić information content (AvgIpc) is 2.35. The van der Waals surface area contributed by atoms with E-state index in [2.05, 4.69) is 16.6 Å². The van der Waals surface area contributed by atoms with Gasteiger partial charge < -0.3 is 15.8 Å². The molecule has 0 saturated heterocycles. The summed E-state index contributed by atoms with van der Waals surface area (Å²) < 4.78 is 5.75. The summed E-state index contributed by atoms with van der Waals surface area (Å²) in [6, 6.07) is 3.73. The zero-order valence-electron chi connectivity index (χ0n) is 13.0. The van der Waals surface area contributed by atoms with Crippen LogP contribution in [-0.2, 0) is 0 Å². The van der Waals surface area contributed by atoms with Crippen molar-refractivity contribution in [3.8, 4) is 5.88 Å². The van der Waals surface area contributed by atoms with Gasteiger partial charge in [-0.25, -0.2) is 0 Å². The molecule has 0 radical (unpaired) electrons. The molecule has 0 fully saturated rings. The van der Waals surface area contributed by atoms with Crippen molar-refractivity contribution < 1.29 is 4.74 Å². The molecule has 1 heterocycles. The second kappa shape index (κ2) is 8.25. The lowest BCUT2D eigenvalue weighted by Gasteiger charge is -2.21. The van der Waals surface area contributed by atoms with E-state index in [4.69, 9.17) is 10.5 Å². The van der Waals surface area contributed by atoms with Crippen LogP contribution in [0.1, 0.15) is 40.0 Å². The summed E-state index contributed by atoms with van der Waals surface area (Å²) in [5, 5.41) is 3.32. The first kappa shape index (κ1) is 17.0. The summed E-state index contributed by atoms with van der Waals surface area (Å²) in [5.74, 6) is 2.57. The summed E-state index contributed by atoms with van der Waals surface area (Å²) in [7, 11) is 0. The van der Waals surface area contributed by atoms with E-state index in [1.165, 1.54) is 18.6 Å². The number of pyridine rings is 1. The van der Waals surface area contributed by atoms with Crippen molar-refractivity contribution >= 4 is 23.3 Å². The van der Waals surface area contributed by atoms with Gasteiger partial charge in [-0.3, -0.25) is 0 Å². The molecule has 0 atom stereocenters. The fraction of sp³-hybridized carbons (Fsp3) is 0.667. The Morgan fingerprint density at radius 1 is 1.25 bits per heavy atom. The molecular formula is C15H27N3OS. The maximum absolute atomic E-state index is 5.89. The first-order valence-electron chi connectivity index (χ1n) is 7.11. The van der Waals surface area contributed by atoms with Crippen LogP contribution in [-0.4, -0.2) is 29.1 Å². The zero-order valence-corrected chi connectivity index (χ0v) is 13.8. The van der Waals surface area contributed by atoms with Gasteiger partial charge in [0.1, 0.15) is 11.4 Å². The minimum Gasteiger partial charge on any atom is -0.470 e. The second-order valence-corrected chi connectivity index (χ2v) is 6.77. The summed E-state index contributed by atoms with van der Waals surface area (Å²) in [4.78, 5) is 4.43. The Balaban J connectivity index is 2.45. The Labute approximate surface area is 126 Å². The number of nitrogens with zero attached hydrogens (tertiary/aromatic N) is 1. The van der Waals surface area contributed by atoms with Crippen molar-refractivity contribution in [1.29, 1.82) is 0 Å². The van der Waals surface area contributed by atoms with Gasteiger partial charge in [-0.2, -0.15) is 16.7 Å². The van der Waals surface area contributed by atoms with Gasteiger partial charge in [0.2, 0.25) is 5.88 Å².